The summed E-state index contributed by atoms with van der Waals surface area (Å²) in [6, 6.07) is 0. The Balaban J connectivity index is 1.96. The molecule has 0 unspecified atom stereocenters. The van der Waals surface area contributed by atoms with E-state index >= 15 is 0 Å². The normalized spacial score (nSPS) is 10.8. The first-order valence-electron chi connectivity index (χ1n) is 5.07. The van der Waals surface area contributed by atoms with Crippen LogP contribution in [0.4, 0.5) is 0 Å². The second kappa shape index (κ2) is 7.67. The number of aliphatic hydroxyl groups is 1. The quantitative estimate of drug-likeness (QED) is 0.617. The molecule has 1 aromatic rings. The van der Waals surface area contributed by atoms with Crippen molar-refractivity contribution in [1.82, 2.24) is 20.3 Å². The summed E-state index contributed by atoms with van der Waals surface area (Å²) in [6.07, 6.45) is 2.65. The van der Waals surface area contributed by atoms with Crippen LogP contribution in [-0.4, -0.2) is 44.8 Å². The molecule has 86 valence electrons. The fourth-order valence-corrected chi connectivity index (χ4v) is 1.93. The summed E-state index contributed by atoms with van der Waals surface area (Å²) in [5.74, 6) is 2.11. The van der Waals surface area contributed by atoms with Crippen molar-refractivity contribution in [1.29, 1.82) is 0 Å². The Morgan fingerprint density at radius 2 is 2.40 bits per heavy atom. The molecular formula is C9H18N4OS. The van der Waals surface area contributed by atoms with Crippen LogP contribution in [0.15, 0.2) is 6.20 Å². The Labute approximate surface area is 94.2 Å². The van der Waals surface area contributed by atoms with Crippen molar-refractivity contribution in [3.05, 3.63) is 11.9 Å². The van der Waals surface area contributed by atoms with Gasteiger partial charge < -0.3 is 10.4 Å². The second-order valence-electron chi connectivity index (χ2n) is 3.22. The molecule has 0 aliphatic carbocycles. The van der Waals surface area contributed by atoms with E-state index in [9.17, 15) is 0 Å². The van der Waals surface area contributed by atoms with Crippen LogP contribution >= 0.6 is 11.8 Å². The van der Waals surface area contributed by atoms with E-state index in [0.717, 1.165) is 36.7 Å². The summed E-state index contributed by atoms with van der Waals surface area (Å²) in [7, 11) is 1.89. The molecule has 6 heteroatoms. The SMILES string of the molecule is Cn1nncc1CNCCSCCCO. The lowest BCUT2D eigenvalue weighted by Crippen LogP contribution is -2.18. The van der Waals surface area contributed by atoms with Crippen molar-refractivity contribution < 1.29 is 5.11 Å². The molecule has 5 nitrogen and oxygen atoms in total. The zero-order valence-electron chi connectivity index (χ0n) is 9.02. The number of nitrogens with zero attached hydrogens (tertiary/aromatic N) is 3. The molecule has 1 aromatic heterocycles. The van der Waals surface area contributed by atoms with E-state index in [-0.39, 0.29) is 0 Å². The number of hydrogen-bond acceptors (Lipinski definition) is 5. The minimum atomic E-state index is 0.293. The summed E-state index contributed by atoms with van der Waals surface area (Å²) in [6.45, 7) is 2.08. The maximum atomic E-state index is 8.58. The molecule has 0 atom stereocenters. The fraction of sp³-hybridized carbons (Fsp3) is 0.778. The zero-order valence-corrected chi connectivity index (χ0v) is 9.83. The first-order valence-corrected chi connectivity index (χ1v) is 6.23. The fourth-order valence-electron chi connectivity index (χ4n) is 1.10. The van der Waals surface area contributed by atoms with Crippen molar-refractivity contribution in [2.24, 2.45) is 7.05 Å². The average molecular weight is 230 g/mol. The van der Waals surface area contributed by atoms with Gasteiger partial charge in [-0.25, -0.2) is 0 Å². The van der Waals surface area contributed by atoms with Gasteiger partial charge in [0.2, 0.25) is 0 Å². The first-order chi connectivity index (χ1) is 7.34. The maximum Gasteiger partial charge on any atom is 0.0738 e. The highest BCUT2D eigenvalue weighted by atomic mass is 32.2. The third kappa shape index (κ3) is 5.15. The number of aryl methyl sites for hydroxylation is 1. The summed E-state index contributed by atoms with van der Waals surface area (Å²) in [4.78, 5) is 0. The topological polar surface area (TPSA) is 63.0 Å². The van der Waals surface area contributed by atoms with Crippen LogP contribution in [0.25, 0.3) is 0 Å². The molecule has 0 saturated heterocycles. The molecule has 0 aliphatic rings. The van der Waals surface area contributed by atoms with Gasteiger partial charge in [-0.05, 0) is 12.2 Å². The summed E-state index contributed by atoms with van der Waals surface area (Å²) in [5.41, 5.74) is 1.09. The van der Waals surface area contributed by atoms with E-state index in [1.807, 2.05) is 18.8 Å². The lowest BCUT2D eigenvalue weighted by molar-refractivity contribution is 0.296. The summed E-state index contributed by atoms with van der Waals surface area (Å²) >= 11 is 1.86. The van der Waals surface area contributed by atoms with Crippen molar-refractivity contribution >= 4 is 11.8 Å². The molecule has 0 fully saturated rings. The van der Waals surface area contributed by atoms with Gasteiger partial charge in [0.1, 0.15) is 0 Å². The van der Waals surface area contributed by atoms with Crippen LogP contribution in [0.1, 0.15) is 12.1 Å². The molecule has 0 aromatic carbocycles. The predicted octanol–water partition coefficient (Wildman–Crippen LogP) is 0.0203. The van der Waals surface area contributed by atoms with Crippen molar-refractivity contribution in [3.8, 4) is 0 Å². The smallest absolute Gasteiger partial charge is 0.0738 e. The Morgan fingerprint density at radius 3 is 3.07 bits per heavy atom. The van der Waals surface area contributed by atoms with E-state index in [4.69, 9.17) is 5.11 Å². The Bertz CT molecular complexity index is 266. The number of aliphatic hydroxyl groups excluding tert-OH is 1. The monoisotopic (exact) mass is 230 g/mol. The minimum absolute atomic E-state index is 0.293. The van der Waals surface area contributed by atoms with Crippen LogP contribution in [0, 0.1) is 0 Å². The highest BCUT2D eigenvalue weighted by Gasteiger charge is 1.97. The van der Waals surface area contributed by atoms with Crippen LogP contribution in [0.3, 0.4) is 0 Å². The highest BCUT2D eigenvalue weighted by Crippen LogP contribution is 2.00. The lowest BCUT2D eigenvalue weighted by Gasteiger charge is -2.03. The number of rotatable bonds is 8. The van der Waals surface area contributed by atoms with Crippen LogP contribution < -0.4 is 5.32 Å². The molecular weight excluding hydrogens is 212 g/mol. The van der Waals surface area contributed by atoms with Gasteiger partial charge in [0, 0.05) is 32.5 Å². The average Bonchev–Trinajstić information content (AvgIpc) is 2.63. The van der Waals surface area contributed by atoms with E-state index in [0.29, 0.717) is 6.61 Å². The van der Waals surface area contributed by atoms with Crippen LogP contribution in [0.5, 0.6) is 0 Å². The molecule has 0 spiro atoms. The van der Waals surface area contributed by atoms with E-state index in [2.05, 4.69) is 15.6 Å². The lowest BCUT2D eigenvalue weighted by atomic mass is 10.4. The Hall–Kier alpha value is -0.590. The molecule has 0 amide bonds. The molecule has 0 aliphatic heterocycles. The van der Waals surface area contributed by atoms with Crippen LogP contribution in [-0.2, 0) is 13.6 Å². The summed E-state index contributed by atoms with van der Waals surface area (Å²) in [5, 5.41) is 19.6. The van der Waals surface area contributed by atoms with Crippen molar-refractivity contribution in [2.75, 3.05) is 24.7 Å². The maximum absolute atomic E-state index is 8.58. The van der Waals surface area contributed by atoms with Gasteiger partial charge in [-0.1, -0.05) is 5.21 Å². The van der Waals surface area contributed by atoms with E-state index in [1.54, 1.807) is 10.9 Å². The van der Waals surface area contributed by atoms with Gasteiger partial charge in [0.15, 0.2) is 0 Å². The van der Waals surface area contributed by atoms with Gasteiger partial charge >= 0.3 is 0 Å². The van der Waals surface area contributed by atoms with E-state index < -0.39 is 0 Å². The van der Waals surface area contributed by atoms with Crippen molar-refractivity contribution in [3.63, 3.8) is 0 Å². The number of hydrogen-bond donors (Lipinski definition) is 2. The molecule has 0 saturated carbocycles. The Morgan fingerprint density at radius 1 is 1.53 bits per heavy atom. The molecule has 0 bridgehead atoms. The van der Waals surface area contributed by atoms with Gasteiger partial charge in [-0.2, -0.15) is 11.8 Å². The van der Waals surface area contributed by atoms with Crippen LogP contribution in [0.2, 0.25) is 0 Å². The van der Waals surface area contributed by atoms with Gasteiger partial charge in [-0.15, -0.1) is 5.10 Å². The van der Waals surface area contributed by atoms with Gasteiger partial charge in [0.25, 0.3) is 0 Å². The molecule has 2 N–H and O–H groups in total. The number of nitrogens with one attached hydrogen (secondary N) is 1. The first kappa shape index (κ1) is 12.5. The number of thioether (sulfide) groups is 1. The molecule has 0 radical (unpaired) electrons. The third-order valence-corrected chi connectivity index (χ3v) is 3.05. The highest BCUT2D eigenvalue weighted by molar-refractivity contribution is 7.99. The third-order valence-electron chi connectivity index (χ3n) is 1.98. The van der Waals surface area contributed by atoms with Gasteiger partial charge in [-0.3, -0.25) is 4.68 Å². The van der Waals surface area contributed by atoms with Crippen molar-refractivity contribution in [2.45, 2.75) is 13.0 Å². The zero-order chi connectivity index (χ0) is 10.9. The van der Waals surface area contributed by atoms with Gasteiger partial charge in [0.05, 0.1) is 11.9 Å². The van der Waals surface area contributed by atoms with E-state index in [1.165, 1.54) is 0 Å². The summed E-state index contributed by atoms with van der Waals surface area (Å²) < 4.78 is 1.77. The molecule has 1 rings (SSSR count). The standard InChI is InChI=1S/C9H18N4OS/c1-13-9(8-11-12-13)7-10-3-6-15-5-2-4-14/h8,10,14H,2-7H2,1H3. The second-order valence-corrected chi connectivity index (χ2v) is 4.44. The number of aromatic nitrogens is 3. The minimum Gasteiger partial charge on any atom is -0.396 e. The Kier molecular flexibility index (Phi) is 6.38. The molecule has 1 heterocycles. The largest absolute Gasteiger partial charge is 0.396 e. The predicted molar refractivity (Wildman–Crippen MR) is 61.7 cm³/mol. The molecule has 15 heavy (non-hydrogen) atoms.